The van der Waals surface area contributed by atoms with Crippen LogP contribution in [0.4, 0.5) is 0 Å². The van der Waals surface area contributed by atoms with Crippen LogP contribution in [0.5, 0.6) is 0 Å². The van der Waals surface area contributed by atoms with Crippen molar-refractivity contribution in [3.05, 3.63) is 35.4 Å². The lowest BCUT2D eigenvalue weighted by Gasteiger charge is -2.12. The lowest BCUT2D eigenvalue weighted by molar-refractivity contribution is 0.207. The molecule has 0 radical (unpaired) electrons. The first kappa shape index (κ1) is 11.9. The number of aliphatic hydroxyl groups excluding tert-OH is 1. The normalized spacial score (nSPS) is 12.9. The van der Waals surface area contributed by atoms with Crippen molar-refractivity contribution in [3.8, 4) is 0 Å². The van der Waals surface area contributed by atoms with E-state index in [-0.39, 0.29) is 0 Å². The van der Waals surface area contributed by atoms with E-state index in [4.69, 9.17) is 0 Å². The van der Waals surface area contributed by atoms with E-state index in [2.05, 4.69) is 10.2 Å². The highest BCUT2D eigenvalue weighted by Crippen LogP contribution is 2.24. The third-order valence-electron chi connectivity index (χ3n) is 2.90. The smallest absolute Gasteiger partial charge is 0.124 e. The molecule has 2 aromatic heterocycles. The minimum absolute atomic E-state index is 0.652. The molecule has 0 spiro atoms. The molecule has 2 heterocycles. The molecule has 0 aliphatic carbocycles. The zero-order chi connectivity index (χ0) is 12.4. The highest BCUT2D eigenvalue weighted by molar-refractivity contribution is 5.27. The number of aromatic nitrogens is 4. The molecule has 5 nitrogen and oxygen atoms in total. The Morgan fingerprint density at radius 2 is 2.18 bits per heavy atom. The molecular formula is C12H18N4O. The van der Waals surface area contributed by atoms with Crippen molar-refractivity contribution in [2.75, 3.05) is 0 Å². The van der Waals surface area contributed by atoms with E-state index in [1.165, 1.54) is 0 Å². The number of aryl methyl sites for hydroxylation is 3. The summed E-state index contributed by atoms with van der Waals surface area (Å²) < 4.78 is 3.54. The molecule has 0 aliphatic heterocycles. The Balaban J connectivity index is 2.39. The van der Waals surface area contributed by atoms with Crippen LogP contribution in [0.25, 0.3) is 0 Å². The molecular weight excluding hydrogens is 216 g/mol. The average molecular weight is 234 g/mol. The van der Waals surface area contributed by atoms with Crippen LogP contribution in [-0.2, 0) is 20.0 Å². The first-order chi connectivity index (χ1) is 8.17. The average Bonchev–Trinajstić information content (AvgIpc) is 2.93. The zero-order valence-electron chi connectivity index (χ0n) is 10.5. The minimum atomic E-state index is -0.652. The number of aliphatic hydroxyl groups is 1. The van der Waals surface area contributed by atoms with Gasteiger partial charge in [0, 0.05) is 31.5 Å². The lowest BCUT2D eigenvalue weighted by atomic mass is 10.1. The van der Waals surface area contributed by atoms with Crippen molar-refractivity contribution in [2.45, 2.75) is 32.9 Å². The van der Waals surface area contributed by atoms with Gasteiger partial charge in [-0.2, -0.15) is 10.2 Å². The van der Waals surface area contributed by atoms with Crippen LogP contribution < -0.4 is 0 Å². The summed E-state index contributed by atoms with van der Waals surface area (Å²) >= 11 is 0. The van der Waals surface area contributed by atoms with E-state index < -0.39 is 6.10 Å². The molecule has 0 bridgehead atoms. The van der Waals surface area contributed by atoms with Crippen molar-refractivity contribution in [3.63, 3.8) is 0 Å². The molecule has 0 fully saturated rings. The standard InChI is InChI=1S/C12H18N4O/c1-4-10-9(8-15(3)14-10)12(17)11-6-7-13-16(11)5-2/h6-8,12,17H,4-5H2,1-3H3. The van der Waals surface area contributed by atoms with Crippen LogP contribution >= 0.6 is 0 Å². The van der Waals surface area contributed by atoms with Gasteiger partial charge in [-0.3, -0.25) is 9.36 Å². The SMILES string of the molecule is CCc1nn(C)cc1C(O)c1ccnn1CC. The number of rotatable bonds is 4. The van der Waals surface area contributed by atoms with Crippen molar-refractivity contribution >= 4 is 0 Å². The third-order valence-corrected chi connectivity index (χ3v) is 2.90. The summed E-state index contributed by atoms with van der Waals surface area (Å²) in [6, 6.07) is 1.85. The highest BCUT2D eigenvalue weighted by atomic mass is 16.3. The van der Waals surface area contributed by atoms with Crippen LogP contribution in [0.2, 0.25) is 0 Å². The van der Waals surface area contributed by atoms with Crippen LogP contribution in [-0.4, -0.2) is 24.7 Å². The maximum atomic E-state index is 10.4. The highest BCUT2D eigenvalue weighted by Gasteiger charge is 2.19. The van der Waals surface area contributed by atoms with Gasteiger partial charge in [-0.1, -0.05) is 6.92 Å². The third kappa shape index (κ3) is 2.10. The fraction of sp³-hybridized carbons (Fsp3) is 0.500. The van der Waals surface area contributed by atoms with Gasteiger partial charge in [0.2, 0.25) is 0 Å². The molecule has 2 aromatic rings. The Hall–Kier alpha value is -1.62. The minimum Gasteiger partial charge on any atom is -0.382 e. The molecule has 92 valence electrons. The number of hydrogen-bond donors (Lipinski definition) is 1. The molecule has 5 heteroatoms. The van der Waals surface area contributed by atoms with Crippen LogP contribution in [0, 0.1) is 0 Å². The predicted molar refractivity (Wildman–Crippen MR) is 64.5 cm³/mol. The summed E-state index contributed by atoms with van der Waals surface area (Å²) in [5.41, 5.74) is 2.62. The monoisotopic (exact) mass is 234 g/mol. The Morgan fingerprint density at radius 1 is 1.41 bits per heavy atom. The first-order valence-corrected chi connectivity index (χ1v) is 5.89. The lowest BCUT2D eigenvalue weighted by Crippen LogP contribution is -2.09. The van der Waals surface area contributed by atoms with Gasteiger partial charge in [0.1, 0.15) is 6.10 Å². The second-order valence-electron chi connectivity index (χ2n) is 4.03. The topological polar surface area (TPSA) is 55.9 Å². The molecule has 17 heavy (non-hydrogen) atoms. The summed E-state index contributed by atoms with van der Waals surface area (Å²) in [7, 11) is 1.87. The summed E-state index contributed by atoms with van der Waals surface area (Å²) in [5.74, 6) is 0. The molecule has 1 atom stereocenters. The number of nitrogens with zero attached hydrogens (tertiary/aromatic N) is 4. The Bertz CT molecular complexity index is 500. The van der Waals surface area contributed by atoms with Gasteiger partial charge >= 0.3 is 0 Å². The molecule has 0 amide bonds. The van der Waals surface area contributed by atoms with Gasteiger partial charge in [0.25, 0.3) is 0 Å². The van der Waals surface area contributed by atoms with Crippen molar-refractivity contribution < 1.29 is 5.11 Å². The zero-order valence-corrected chi connectivity index (χ0v) is 10.5. The second kappa shape index (κ2) is 4.71. The van der Waals surface area contributed by atoms with Crippen LogP contribution in [0.3, 0.4) is 0 Å². The van der Waals surface area contributed by atoms with Crippen LogP contribution in [0.15, 0.2) is 18.5 Å². The van der Waals surface area contributed by atoms with Gasteiger partial charge in [-0.15, -0.1) is 0 Å². The summed E-state index contributed by atoms with van der Waals surface area (Å²) in [6.07, 6.45) is 3.75. The van der Waals surface area contributed by atoms with Gasteiger partial charge in [0.15, 0.2) is 0 Å². The van der Waals surface area contributed by atoms with E-state index in [9.17, 15) is 5.11 Å². The molecule has 1 unspecified atom stereocenters. The maximum Gasteiger partial charge on any atom is 0.124 e. The first-order valence-electron chi connectivity index (χ1n) is 5.89. The molecule has 1 N–H and O–H groups in total. The Morgan fingerprint density at radius 3 is 2.82 bits per heavy atom. The van der Waals surface area contributed by atoms with Gasteiger partial charge < -0.3 is 5.11 Å². The van der Waals surface area contributed by atoms with E-state index in [1.807, 2.05) is 33.2 Å². The van der Waals surface area contributed by atoms with Crippen molar-refractivity contribution in [1.82, 2.24) is 19.6 Å². The van der Waals surface area contributed by atoms with Crippen LogP contribution in [0.1, 0.15) is 36.9 Å². The maximum absolute atomic E-state index is 10.4. The quantitative estimate of drug-likeness (QED) is 0.867. The Labute approximate surface area is 101 Å². The van der Waals surface area contributed by atoms with E-state index in [0.717, 1.165) is 29.9 Å². The van der Waals surface area contributed by atoms with E-state index in [0.29, 0.717) is 0 Å². The van der Waals surface area contributed by atoms with E-state index >= 15 is 0 Å². The molecule has 0 saturated heterocycles. The van der Waals surface area contributed by atoms with Crippen molar-refractivity contribution in [1.29, 1.82) is 0 Å². The van der Waals surface area contributed by atoms with Gasteiger partial charge in [-0.05, 0) is 19.4 Å². The number of hydrogen-bond acceptors (Lipinski definition) is 3. The summed E-state index contributed by atoms with van der Waals surface area (Å²) in [5, 5.41) is 18.9. The largest absolute Gasteiger partial charge is 0.382 e. The Kier molecular flexibility index (Phi) is 3.28. The fourth-order valence-corrected chi connectivity index (χ4v) is 2.05. The molecule has 2 rings (SSSR count). The molecule has 0 saturated carbocycles. The van der Waals surface area contributed by atoms with Gasteiger partial charge in [0.05, 0.1) is 11.4 Å². The predicted octanol–water partition coefficient (Wildman–Crippen LogP) is 1.28. The summed E-state index contributed by atoms with van der Waals surface area (Å²) in [6.45, 7) is 4.80. The molecule has 0 aromatic carbocycles. The van der Waals surface area contributed by atoms with E-state index in [1.54, 1.807) is 15.6 Å². The second-order valence-corrected chi connectivity index (χ2v) is 4.03. The molecule has 0 aliphatic rings. The summed E-state index contributed by atoms with van der Waals surface area (Å²) in [4.78, 5) is 0. The van der Waals surface area contributed by atoms with Crippen molar-refractivity contribution in [2.24, 2.45) is 7.05 Å². The fourth-order valence-electron chi connectivity index (χ4n) is 2.05. The van der Waals surface area contributed by atoms with Gasteiger partial charge in [-0.25, -0.2) is 0 Å².